The molecule has 0 aromatic rings. The number of amides is 1. The zero-order chi connectivity index (χ0) is 8.32. The van der Waals surface area contributed by atoms with E-state index in [0.717, 1.165) is 19.3 Å². The Labute approximate surface area is 65.2 Å². The first-order valence-corrected chi connectivity index (χ1v) is 3.80. The first-order chi connectivity index (χ1) is 5.18. The summed E-state index contributed by atoms with van der Waals surface area (Å²) in [4.78, 5) is 10.3. The lowest BCUT2D eigenvalue weighted by Crippen LogP contribution is -2.53. The van der Waals surface area contributed by atoms with Crippen LogP contribution in [0, 0.1) is 0 Å². The average molecular weight is 159 g/mol. The van der Waals surface area contributed by atoms with Crippen LogP contribution in [0.5, 0.6) is 0 Å². The van der Waals surface area contributed by atoms with Crippen molar-refractivity contribution < 1.29 is 15.0 Å². The van der Waals surface area contributed by atoms with Gasteiger partial charge in [-0.2, -0.15) is 0 Å². The predicted octanol–water partition coefficient (Wildman–Crippen LogP) is 0.559. The second kappa shape index (κ2) is 3.09. The van der Waals surface area contributed by atoms with Crippen molar-refractivity contribution in [2.45, 2.75) is 31.2 Å². The van der Waals surface area contributed by atoms with Gasteiger partial charge in [0.2, 0.25) is 0 Å². The van der Waals surface area contributed by atoms with Crippen molar-refractivity contribution in [1.29, 1.82) is 0 Å². The molecule has 11 heavy (non-hydrogen) atoms. The lowest BCUT2D eigenvalue weighted by Gasteiger charge is -2.41. The molecular formula is C7H13NO3. The number of hydrogen-bond donors (Lipinski definition) is 3. The Balaban J connectivity index is 2.39. The highest BCUT2D eigenvalue weighted by molar-refractivity contribution is 5.65. The Kier molecular flexibility index (Phi) is 2.34. The van der Waals surface area contributed by atoms with Gasteiger partial charge in [-0.05, 0) is 25.7 Å². The maximum absolute atomic E-state index is 10.3. The molecule has 4 heteroatoms. The Morgan fingerprint density at radius 3 is 2.45 bits per heavy atom. The molecule has 0 unspecified atom stereocenters. The van der Waals surface area contributed by atoms with E-state index in [2.05, 4.69) is 5.32 Å². The van der Waals surface area contributed by atoms with E-state index in [0.29, 0.717) is 6.42 Å². The Morgan fingerprint density at radius 1 is 1.55 bits per heavy atom. The van der Waals surface area contributed by atoms with Crippen LogP contribution in [0.25, 0.3) is 0 Å². The van der Waals surface area contributed by atoms with Crippen molar-refractivity contribution in [3.63, 3.8) is 0 Å². The Bertz CT molecular complexity index is 154. The number of aliphatic hydroxyl groups excluding tert-OH is 1. The highest BCUT2D eigenvalue weighted by Crippen LogP contribution is 2.34. The number of aliphatic hydroxyl groups is 1. The minimum Gasteiger partial charge on any atom is -0.465 e. The fraction of sp³-hybridized carbons (Fsp3) is 0.857. The van der Waals surface area contributed by atoms with Crippen molar-refractivity contribution >= 4 is 6.09 Å². The lowest BCUT2D eigenvalue weighted by molar-refractivity contribution is 0.117. The summed E-state index contributed by atoms with van der Waals surface area (Å²) in [7, 11) is 0. The summed E-state index contributed by atoms with van der Waals surface area (Å²) in [6.45, 7) is 0.0558. The minimum absolute atomic E-state index is 0.0558. The van der Waals surface area contributed by atoms with Crippen LogP contribution in [-0.2, 0) is 0 Å². The third-order valence-corrected chi connectivity index (χ3v) is 2.27. The second-order valence-corrected chi connectivity index (χ2v) is 3.04. The fourth-order valence-corrected chi connectivity index (χ4v) is 1.48. The smallest absolute Gasteiger partial charge is 0.405 e. The summed E-state index contributed by atoms with van der Waals surface area (Å²) in [6.07, 6.45) is 2.33. The van der Waals surface area contributed by atoms with Crippen LogP contribution in [-0.4, -0.2) is 28.5 Å². The van der Waals surface area contributed by atoms with Gasteiger partial charge in [-0.1, -0.05) is 0 Å². The predicted molar refractivity (Wildman–Crippen MR) is 39.4 cm³/mol. The number of nitrogens with one attached hydrogen (secondary N) is 1. The van der Waals surface area contributed by atoms with E-state index in [1.807, 2.05) is 0 Å². The maximum atomic E-state index is 10.3. The van der Waals surface area contributed by atoms with E-state index in [1.54, 1.807) is 0 Å². The van der Waals surface area contributed by atoms with Crippen molar-refractivity contribution in [2.75, 3.05) is 6.61 Å². The standard InChI is InChI=1S/C7H13NO3/c9-5-4-7(2-1-3-7)8-6(10)11/h8-9H,1-5H2,(H,10,11). The normalized spacial score (nSPS) is 20.5. The van der Waals surface area contributed by atoms with Crippen molar-refractivity contribution in [3.05, 3.63) is 0 Å². The molecule has 0 aromatic carbocycles. The molecule has 0 bridgehead atoms. The van der Waals surface area contributed by atoms with E-state index in [4.69, 9.17) is 10.2 Å². The molecule has 0 heterocycles. The molecule has 0 spiro atoms. The highest BCUT2D eigenvalue weighted by Gasteiger charge is 2.37. The zero-order valence-corrected chi connectivity index (χ0v) is 6.34. The molecule has 0 radical (unpaired) electrons. The lowest BCUT2D eigenvalue weighted by atomic mass is 9.75. The van der Waals surface area contributed by atoms with E-state index in [-0.39, 0.29) is 12.1 Å². The monoisotopic (exact) mass is 159 g/mol. The van der Waals surface area contributed by atoms with Gasteiger partial charge in [-0.3, -0.25) is 0 Å². The van der Waals surface area contributed by atoms with Gasteiger partial charge in [0.05, 0.1) is 0 Å². The molecule has 4 nitrogen and oxygen atoms in total. The molecule has 0 aliphatic heterocycles. The first-order valence-electron chi connectivity index (χ1n) is 3.80. The van der Waals surface area contributed by atoms with Crippen molar-refractivity contribution in [1.82, 2.24) is 5.32 Å². The third-order valence-electron chi connectivity index (χ3n) is 2.27. The molecule has 1 fully saturated rings. The quantitative estimate of drug-likeness (QED) is 0.563. The fourth-order valence-electron chi connectivity index (χ4n) is 1.48. The summed E-state index contributed by atoms with van der Waals surface area (Å²) in [5.74, 6) is 0. The molecular weight excluding hydrogens is 146 g/mol. The molecule has 1 saturated carbocycles. The van der Waals surface area contributed by atoms with Crippen LogP contribution in [0.15, 0.2) is 0 Å². The summed E-state index contributed by atoms with van der Waals surface area (Å²) in [5, 5.41) is 19.5. The molecule has 0 aromatic heterocycles. The van der Waals surface area contributed by atoms with Crippen LogP contribution in [0.3, 0.4) is 0 Å². The third kappa shape index (κ3) is 1.83. The topological polar surface area (TPSA) is 69.6 Å². The van der Waals surface area contributed by atoms with E-state index >= 15 is 0 Å². The molecule has 3 N–H and O–H groups in total. The number of rotatable bonds is 3. The van der Waals surface area contributed by atoms with E-state index in [1.165, 1.54) is 0 Å². The Hall–Kier alpha value is -0.770. The summed E-state index contributed by atoms with van der Waals surface area (Å²) < 4.78 is 0. The summed E-state index contributed by atoms with van der Waals surface area (Å²) in [5.41, 5.74) is -0.305. The minimum atomic E-state index is -0.988. The van der Waals surface area contributed by atoms with Gasteiger partial charge in [0.1, 0.15) is 0 Å². The van der Waals surface area contributed by atoms with E-state index in [9.17, 15) is 4.79 Å². The second-order valence-electron chi connectivity index (χ2n) is 3.04. The number of carbonyl (C=O) groups is 1. The van der Waals surface area contributed by atoms with E-state index < -0.39 is 6.09 Å². The molecule has 1 rings (SSSR count). The van der Waals surface area contributed by atoms with Crippen LogP contribution in [0.4, 0.5) is 4.79 Å². The van der Waals surface area contributed by atoms with Crippen LogP contribution >= 0.6 is 0 Å². The van der Waals surface area contributed by atoms with Crippen LogP contribution in [0.1, 0.15) is 25.7 Å². The molecule has 1 amide bonds. The van der Waals surface area contributed by atoms with Crippen molar-refractivity contribution in [3.8, 4) is 0 Å². The Morgan fingerprint density at radius 2 is 2.18 bits per heavy atom. The maximum Gasteiger partial charge on any atom is 0.405 e. The van der Waals surface area contributed by atoms with Gasteiger partial charge in [0.15, 0.2) is 0 Å². The molecule has 0 atom stereocenters. The van der Waals surface area contributed by atoms with Gasteiger partial charge < -0.3 is 15.5 Å². The molecule has 1 aliphatic carbocycles. The van der Waals surface area contributed by atoms with Crippen LogP contribution < -0.4 is 5.32 Å². The van der Waals surface area contributed by atoms with Gasteiger partial charge in [0, 0.05) is 12.1 Å². The molecule has 0 saturated heterocycles. The highest BCUT2D eigenvalue weighted by atomic mass is 16.4. The SMILES string of the molecule is O=C(O)NC1(CCO)CCC1. The first kappa shape index (κ1) is 8.33. The van der Waals surface area contributed by atoms with Gasteiger partial charge in [-0.25, -0.2) is 4.79 Å². The largest absolute Gasteiger partial charge is 0.465 e. The van der Waals surface area contributed by atoms with Crippen LogP contribution in [0.2, 0.25) is 0 Å². The number of carboxylic acid groups (broad SMARTS) is 1. The molecule has 1 aliphatic rings. The van der Waals surface area contributed by atoms with Gasteiger partial charge in [0.25, 0.3) is 0 Å². The molecule has 64 valence electrons. The van der Waals surface area contributed by atoms with Gasteiger partial charge in [-0.15, -0.1) is 0 Å². The average Bonchev–Trinajstić information content (AvgIpc) is 1.82. The zero-order valence-electron chi connectivity index (χ0n) is 6.34. The van der Waals surface area contributed by atoms with Gasteiger partial charge >= 0.3 is 6.09 Å². The number of hydrogen-bond acceptors (Lipinski definition) is 2. The van der Waals surface area contributed by atoms with Crippen molar-refractivity contribution in [2.24, 2.45) is 0 Å². The summed E-state index contributed by atoms with van der Waals surface area (Å²) >= 11 is 0. The summed E-state index contributed by atoms with van der Waals surface area (Å²) in [6, 6.07) is 0.